The van der Waals surface area contributed by atoms with E-state index in [1.165, 1.54) is 30.0 Å². The summed E-state index contributed by atoms with van der Waals surface area (Å²) in [6.07, 6.45) is 2.16. The highest BCUT2D eigenvalue weighted by molar-refractivity contribution is 8.01. The number of carboxylic acids is 1. The van der Waals surface area contributed by atoms with E-state index in [1.807, 2.05) is 122 Å². The molecule has 18 nitrogen and oxygen atoms in total. The van der Waals surface area contributed by atoms with Crippen LogP contribution in [0.25, 0.3) is 10.9 Å². The quantitative estimate of drug-likeness (QED) is 0.0115. The van der Waals surface area contributed by atoms with Gasteiger partial charge in [0.25, 0.3) is 0 Å². The van der Waals surface area contributed by atoms with E-state index in [-0.39, 0.29) is 41.6 Å². The number of H-pyrrole nitrogens is 1. The highest BCUT2D eigenvalue weighted by atomic mass is 32.2. The Labute approximate surface area is 472 Å². The number of thioether (sulfide) groups is 1. The summed E-state index contributed by atoms with van der Waals surface area (Å²) >= 11 is 7.16. The monoisotopic (exact) mass is 1120 g/mol. The van der Waals surface area contributed by atoms with Crippen LogP contribution in [0.5, 0.6) is 5.75 Å². The largest absolute Gasteiger partial charge is 0.506 e. The lowest BCUT2D eigenvalue weighted by molar-refractivity contribution is -0.141. The summed E-state index contributed by atoms with van der Waals surface area (Å²) in [4.78, 5) is 96.7. The molecule has 0 radical (unpaired) electrons. The second-order valence-corrected chi connectivity index (χ2v) is 20.5. The molecule has 1 heterocycles. The standard InChI is InChI=1S/C60H63N9O9S2/c1-2-3-27-46(56(76)68-50(34-54(73)74)58(78)67-48(55(61)75)31-38-18-8-4-9-19-38)66-57(77)49(32-39-35-62-45-28-17-16-26-44(39)45)69-59(79)64-43-29-30-51(70)47(33-43)65-52(71)36-63-53(72)37-80-60(40-20-10-5-11-21-40,41-22-12-6-13-23-41)42-24-14-7-15-25-42/h4-26,28-30,33,35,46,48-50,62,70H,2-3,27,31-32,34,36-37H2,1H3,(H2,61,75)(H,63,72)(H,65,71)(H,66,77)(H,67,78)(H,68,76)(H,73,74)(H2,64,69,79)/t46-,48-,49-,50-/m0/s1. The van der Waals surface area contributed by atoms with E-state index in [1.54, 1.807) is 36.5 Å². The first kappa shape index (κ1) is 58.7. The average Bonchev–Trinajstić information content (AvgIpc) is 3.91. The van der Waals surface area contributed by atoms with Gasteiger partial charge in [0.2, 0.25) is 35.4 Å². The Morgan fingerprint density at radius 1 is 0.637 bits per heavy atom. The molecule has 414 valence electrons. The van der Waals surface area contributed by atoms with Gasteiger partial charge < -0.3 is 58.1 Å². The fourth-order valence-corrected chi connectivity index (χ4v) is 10.7. The number of hydrogen-bond acceptors (Lipinski definition) is 10. The maximum absolute atomic E-state index is 14.5. The number of nitrogens with two attached hydrogens (primary N) is 1. The van der Waals surface area contributed by atoms with Gasteiger partial charge in [0, 0.05) is 35.6 Å². The lowest BCUT2D eigenvalue weighted by Gasteiger charge is -2.35. The zero-order valence-corrected chi connectivity index (χ0v) is 45.4. The number of carbonyl (C=O) groups excluding carboxylic acids is 6. The zero-order valence-electron chi connectivity index (χ0n) is 43.8. The first-order chi connectivity index (χ1) is 38.6. The predicted molar refractivity (Wildman–Crippen MR) is 313 cm³/mol. The fourth-order valence-electron chi connectivity index (χ4n) is 9.09. The molecule has 0 saturated heterocycles. The van der Waals surface area contributed by atoms with Crippen molar-refractivity contribution in [1.82, 2.24) is 31.6 Å². The van der Waals surface area contributed by atoms with Gasteiger partial charge in [0.1, 0.15) is 29.9 Å². The molecule has 12 N–H and O–H groups in total. The minimum Gasteiger partial charge on any atom is -0.506 e. The van der Waals surface area contributed by atoms with Gasteiger partial charge in [-0.15, -0.1) is 11.8 Å². The number of phenols is 1. The molecule has 4 atom stereocenters. The van der Waals surface area contributed by atoms with E-state index in [0.29, 0.717) is 24.1 Å². The number of thiocarbonyl (C=S) groups is 1. The number of para-hydroxylation sites is 1. The second-order valence-electron chi connectivity index (χ2n) is 18.9. The van der Waals surface area contributed by atoms with Crippen LogP contribution in [0.15, 0.2) is 170 Å². The number of phenolic OH excluding ortho intramolecular Hbond substituents is 1. The zero-order chi connectivity index (χ0) is 57.0. The summed E-state index contributed by atoms with van der Waals surface area (Å²) in [6, 6.07) is 44.9. The number of benzene rings is 6. The van der Waals surface area contributed by atoms with Gasteiger partial charge in [-0.1, -0.05) is 159 Å². The van der Waals surface area contributed by atoms with Crippen molar-refractivity contribution in [1.29, 1.82) is 0 Å². The normalized spacial score (nSPS) is 12.6. The molecular weight excluding hydrogens is 1050 g/mol. The van der Waals surface area contributed by atoms with Crippen molar-refractivity contribution < 1.29 is 43.8 Å². The van der Waals surface area contributed by atoms with Crippen LogP contribution in [0.1, 0.15) is 60.4 Å². The van der Waals surface area contributed by atoms with E-state index in [2.05, 4.69) is 42.2 Å². The molecule has 0 spiro atoms. The van der Waals surface area contributed by atoms with Crippen LogP contribution in [-0.2, 0) is 51.2 Å². The predicted octanol–water partition coefficient (Wildman–Crippen LogP) is 6.40. The van der Waals surface area contributed by atoms with Gasteiger partial charge in [-0.2, -0.15) is 0 Å². The lowest BCUT2D eigenvalue weighted by Crippen LogP contribution is -2.59. The minimum atomic E-state index is -1.65. The SMILES string of the molecule is CCCC[C@H](NC(=O)[C@H](Cc1c[nH]c2ccccc12)NC(=S)Nc1ccc(O)c(NC(=O)CNC(=O)CSC(c2ccccc2)(c2ccccc2)c2ccccc2)c1)C(=O)N[C@@H](CC(=O)O)C(=O)N[C@@H](Cc1ccccc1)C(N)=O. The number of unbranched alkanes of at least 4 members (excludes halogenated alkanes) is 1. The molecule has 20 heteroatoms. The molecule has 6 aromatic carbocycles. The van der Waals surface area contributed by atoms with E-state index in [0.717, 1.165) is 33.2 Å². The molecular formula is C60H63N9O9S2. The molecule has 0 bridgehead atoms. The van der Waals surface area contributed by atoms with Crippen LogP contribution in [0, 0.1) is 0 Å². The Bertz CT molecular complexity index is 3180. The summed E-state index contributed by atoms with van der Waals surface area (Å²) in [6.45, 7) is 1.47. The average molecular weight is 1120 g/mol. The number of rotatable bonds is 27. The van der Waals surface area contributed by atoms with Gasteiger partial charge in [-0.25, -0.2) is 0 Å². The number of nitrogens with one attached hydrogen (secondary N) is 8. The molecule has 7 rings (SSSR count). The molecule has 0 fully saturated rings. The van der Waals surface area contributed by atoms with E-state index in [4.69, 9.17) is 18.0 Å². The minimum absolute atomic E-state index is 0.00300. The Morgan fingerprint density at radius 3 is 1.79 bits per heavy atom. The smallest absolute Gasteiger partial charge is 0.305 e. The Kier molecular flexibility index (Phi) is 20.9. The van der Waals surface area contributed by atoms with Gasteiger partial charge >= 0.3 is 5.97 Å². The van der Waals surface area contributed by atoms with Crippen LogP contribution in [-0.4, -0.2) is 98.2 Å². The molecule has 80 heavy (non-hydrogen) atoms. The maximum Gasteiger partial charge on any atom is 0.305 e. The van der Waals surface area contributed by atoms with Crippen molar-refractivity contribution in [3.05, 3.63) is 198 Å². The van der Waals surface area contributed by atoms with Gasteiger partial charge in [-0.05, 0) is 70.7 Å². The molecule has 0 aliphatic heterocycles. The molecule has 6 amide bonds. The first-order valence-electron chi connectivity index (χ1n) is 25.9. The van der Waals surface area contributed by atoms with Crippen molar-refractivity contribution in [3.63, 3.8) is 0 Å². The van der Waals surface area contributed by atoms with Crippen LogP contribution >= 0.6 is 24.0 Å². The van der Waals surface area contributed by atoms with Crippen molar-refractivity contribution >= 4 is 92.8 Å². The first-order valence-corrected chi connectivity index (χ1v) is 27.3. The summed E-state index contributed by atoms with van der Waals surface area (Å²) < 4.78 is -0.759. The Hall–Kier alpha value is -9.01. The lowest BCUT2D eigenvalue weighted by atomic mass is 9.84. The van der Waals surface area contributed by atoms with E-state index in [9.17, 15) is 43.8 Å². The topological polar surface area (TPSA) is 286 Å². The van der Waals surface area contributed by atoms with Crippen LogP contribution in [0.4, 0.5) is 11.4 Å². The Morgan fingerprint density at radius 2 is 1.19 bits per heavy atom. The number of fused-ring (bicyclic) bond motifs is 1. The summed E-state index contributed by atoms with van der Waals surface area (Å²) in [5, 5.41) is 40.5. The number of aromatic nitrogens is 1. The summed E-state index contributed by atoms with van der Waals surface area (Å²) in [5.41, 5.74) is 11.1. The third-order valence-corrected chi connectivity index (χ3v) is 14.9. The molecule has 0 saturated carbocycles. The number of hydrogen-bond donors (Lipinski definition) is 11. The molecule has 7 aromatic rings. The number of amides is 6. The highest BCUT2D eigenvalue weighted by Crippen LogP contribution is 2.48. The number of primary amides is 1. The molecule has 1 aromatic heterocycles. The number of anilines is 2. The van der Waals surface area contributed by atoms with E-state index >= 15 is 0 Å². The fraction of sp³-hybridized carbons (Fsp3) is 0.233. The third kappa shape index (κ3) is 16.0. The van der Waals surface area contributed by atoms with E-state index < -0.39 is 83.3 Å². The van der Waals surface area contributed by atoms with Gasteiger partial charge in [0.05, 0.1) is 29.2 Å². The number of carboxylic acid groups (broad SMARTS) is 1. The summed E-state index contributed by atoms with van der Waals surface area (Å²) in [7, 11) is 0. The number of aliphatic carboxylic acids is 1. The van der Waals surface area contributed by atoms with Gasteiger partial charge in [0.15, 0.2) is 5.11 Å². The number of aromatic hydroxyl groups is 1. The number of aromatic amines is 1. The van der Waals surface area contributed by atoms with Crippen molar-refractivity contribution in [2.24, 2.45) is 5.73 Å². The Balaban J connectivity index is 1.01. The number of carbonyl (C=O) groups is 7. The second kappa shape index (κ2) is 28.6. The van der Waals surface area contributed by atoms with Crippen molar-refractivity contribution in [3.8, 4) is 5.75 Å². The summed E-state index contributed by atoms with van der Waals surface area (Å²) in [5.74, 6) is -6.05. The maximum atomic E-state index is 14.5. The highest BCUT2D eigenvalue weighted by Gasteiger charge is 2.38. The van der Waals surface area contributed by atoms with Crippen LogP contribution in [0.2, 0.25) is 0 Å². The van der Waals surface area contributed by atoms with Crippen LogP contribution in [0.3, 0.4) is 0 Å². The molecule has 0 aliphatic carbocycles. The molecule has 0 aliphatic rings. The third-order valence-electron chi connectivity index (χ3n) is 13.1. The molecule has 0 unspecified atom stereocenters. The van der Waals surface area contributed by atoms with Gasteiger partial charge in [-0.3, -0.25) is 33.6 Å². The van der Waals surface area contributed by atoms with Crippen molar-refractivity contribution in [2.75, 3.05) is 22.9 Å². The van der Waals surface area contributed by atoms with Crippen molar-refractivity contribution in [2.45, 2.75) is 74.4 Å². The van der Waals surface area contributed by atoms with Crippen LogP contribution < -0.4 is 43.0 Å².